The quantitative estimate of drug-likeness (QED) is 0.187. The highest BCUT2D eigenvalue weighted by Gasteiger charge is 2.43. The Labute approximate surface area is 196 Å². The summed E-state index contributed by atoms with van der Waals surface area (Å²) in [4.78, 5) is 59.3. The van der Waals surface area contributed by atoms with Crippen molar-refractivity contribution in [3.63, 3.8) is 0 Å². The SMILES string of the molecule is CC(=O)OCC[C@@H](OC(C)=O)[C@H](OC(C)=O)[C@H](OC(C)=O)C(OC(C)=O)Sc1ccccc1. The lowest BCUT2D eigenvalue weighted by atomic mass is 10.0. The molecule has 1 unspecified atom stereocenters. The van der Waals surface area contributed by atoms with E-state index in [1.54, 1.807) is 30.3 Å². The second-order valence-electron chi connectivity index (χ2n) is 6.83. The van der Waals surface area contributed by atoms with Gasteiger partial charge in [-0.25, -0.2) is 0 Å². The fourth-order valence-corrected chi connectivity index (χ4v) is 3.90. The average Bonchev–Trinajstić information content (AvgIpc) is 2.69. The molecule has 4 atom stereocenters. The van der Waals surface area contributed by atoms with Crippen LogP contribution in [0, 0.1) is 0 Å². The number of esters is 5. The molecule has 0 saturated heterocycles. The van der Waals surface area contributed by atoms with E-state index in [2.05, 4.69) is 0 Å². The van der Waals surface area contributed by atoms with E-state index >= 15 is 0 Å². The van der Waals surface area contributed by atoms with Crippen LogP contribution in [0.3, 0.4) is 0 Å². The molecule has 0 bridgehead atoms. The minimum absolute atomic E-state index is 0.0718. The van der Waals surface area contributed by atoms with Crippen LogP contribution in [-0.2, 0) is 47.7 Å². The summed E-state index contributed by atoms with van der Waals surface area (Å²) in [6.07, 6.45) is -3.98. The summed E-state index contributed by atoms with van der Waals surface area (Å²) in [5.74, 6) is -3.44. The molecule has 0 spiro atoms. The van der Waals surface area contributed by atoms with Crippen LogP contribution >= 0.6 is 11.8 Å². The first kappa shape index (κ1) is 28.0. The van der Waals surface area contributed by atoms with E-state index in [-0.39, 0.29) is 13.0 Å². The Bertz CT molecular complexity index is 826. The lowest BCUT2D eigenvalue weighted by Gasteiger charge is -2.35. The average molecular weight is 485 g/mol. The number of ether oxygens (including phenoxy) is 5. The molecular formula is C22H28O10S. The molecule has 0 aliphatic heterocycles. The Morgan fingerprint density at radius 2 is 1.21 bits per heavy atom. The Kier molecular flexibility index (Phi) is 12.0. The van der Waals surface area contributed by atoms with Crippen molar-refractivity contribution in [2.24, 2.45) is 0 Å². The van der Waals surface area contributed by atoms with Crippen LogP contribution in [0.1, 0.15) is 41.0 Å². The Balaban J connectivity index is 3.42. The lowest BCUT2D eigenvalue weighted by molar-refractivity contribution is -0.193. The third-order valence-corrected chi connectivity index (χ3v) is 5.01. The van der Waals surface area contributed by atoms with E-state index in [0.717, 1.165) is 32.5 Å². The summed E-state index contributed by atoms with van der Waals surface area (Å²) in [5, 5.41) is 0. The molecule has 0 aromatic heterocycles. The molecule has 10 nitrogen and oxygen atoms in total. The fraction of sp³-hybridized carbons (Fsp3) is 0.500. The van der Waals surface area contributed by atoms with Crippen molar-refractivity contribution in [2.45, 2.75) is 69.7 Å². The van der Waals surface area contributed by atoms with E-state index in [0.29, 0.717) is 4.90 Å². The fourth-order valence-electron chi connectivity index (χ4n) is 2.79. The molecule has 0 N–H and O–H groups in total. The van der Waals surface area contributed by atoms with Crippen LogP contribution in [0.15, 0.2) is 35.2 Å². The normalized spacial score (nSPS) is 14.1. The molecule has 1 aromatic rings. The highest BCUT2D eigenvalue weighted by molar-refractivity contribution is 7.99. The van der Waals surface area contributed by atoms with Crippen LogP contribution < -0.4 is 0 Å². The van der Waals surface area contributed by atoms with Crippen LogP contribution in [0.4, 0.5) is 0 Å². The molecule has 0 amide bonds. The molecule has 1 rings (SSSR count). The van der Waals surface area contributed by atoms with Gasteiger partial charge in [0.1, 0.15) is 6.10 Å². The van der Waals surface area contributed by atoms with Crippen molar-refractivity contribution in [2.75, 3.05) is 6.61 Å². The molecular weight excluding hydrogens is 456 g/mol. The Morgan fingerprint density at radius 1 is 0.697 bits per heavy atom. The number of carbonyl (C=O) groups excluding carboxylic acids is 5. The topological polar surface area (TPSA) is 132 Å². The standard InChI is InChI=1S/C22H28O10S/c1-13(23)28-12-11-19(29-14(2)24)20(30-15(3)25)21(31-16(4)26)22(32-17(5)27)33-18-9-7-6-8-10-18/h6-10,19-22H,11-12H2,1-5H3/t19-,20+,21+,22?/m1/s1. The Hall–Kier alpha value is -3.08. The molecule has 0 heterocycles. The van der Waals surface area contributed by atoms with Gasteiger partial charge in [0.2, 0.25) is 0 Å². The summed E-state index contributed by atoms with van der Waals surface area (Å²) in [6, 6.07) is 8.81. The second-order valence-corrected chi connectivity index (χ2v) is 8.01. The number of carbonyl (C=O) groups is 5. The molecule has 0 aliphatic carbocycles. The van der Waals surface area contributed by atoms with E-state index in [1.165, 1.54) is 13.8 Å². The predicted molar refractivity (Wildman–Crippen MR) is 116 cm³/mol. The maximum absolute atomic E-state index is 11.9. The molecule has 0 aliphatic rings. The van der Waals surface area contributed by atoms with Gasteiger partial charge in [-0.2, -0.15) is 0 Å². The van der Waals surface area contributed by atoms with Crippen LogP contribution in [-0.4, -0.2) is 60.2 Å². The summed E-state index contributed by atoms with van der Waals surface area (Å²) in [7, 11) is 0. The largest absolute Gasteiger partial charge is 0.466 e. The third kappa shape index (κ3) is 11.4. The van der Waals surface area contributed by atoms with Gasteiger partial charge in [0.05, 0.1) is 6.61 Å². The van der Waals surface area contributed by atoms with Crippen molar-refractivity contribution in [1.82, 2.24) is 0 Å². The summed E-state index contributed by atoms with van der Waals surface area (Å²) >= 11 is 1.05. The number of hydrogen-bond donors (Lipinski definition) is 0. The monoisotopic (exact) mass is 484 g/mol. The van der Waals surface area contributed by atoms with Gasteiger partial charge in [0, 0.05) is 45.9 Å². The third-order valence-electron chi connectivity index (χ3n) is 3.87. The molecule has 0 fully saturated rings. The van der Waals surface area contributed by atoms with Gasteiger partial charge in [-0.05, 0) is 12.1 Å². The zero-order chi connectivity index (χ0) is 25.0. The number of benzene rings is 1. The molecule has 33 heavy (non-hydrogen) atoms. The van der Waals surface area contributed by atoms with Crippen molar-refractivity contribution < 1.29 is 47.7 Å². The molecule has 182 valence electrons. The van der Waals surface area contributed by atoms with Crippen molar-refractivity contribution in [1.29, 1.82) is 0 Å². The highest BCUT2D eigenvalue weighted by atomic mass is 32.2. The van der Waals surface area contributed by atoms with Gasteiger partial charge < -0.3 is 23.7 Å². The van der Waals surface area contributed by atoms with E-state index < -0.39 is 53.6 Å². The molecule has 0 saturated carbocycles. The van der Waals surface area contributed by atoms with Gasteiger partial charge in [-0.15, -0.1) is 0 Å². The zero-order valence-corrected chi connectivity index (χ0v) is 19.9. The van der Waals surface area contributed by atoms with E-state index in [4.69, 9.17) is 23.7 Å². The first-order valence-corrected chi connectivity index (χ1v) is 10.9. The summed E-state index contributed by atoms with van der Waals surface area (Å²) in [5.41, 5.74) is -1.16. The predicted octanol–water partition coefficient (Wildman–Crippen LogP) is 2.42. The minimum Gasteiger partial charge on any atom is -0.466 e. The lowest BCUT2D eigenvalue weighted by Crippen LogP contribution is -2.51. The number of rotatable bonds is 12. The summed E-state index contributed by atoms with van der Waals surface area (Å²) in [6.45, 7) is 5.62. The Morgan fingerprint density at radius 3 is 1.70 bits per heavy atom. The van der Waals surface area contributed by atoms with Crippen LogP contribution in [0.25, 0.3) is 0 Å². The first-order chi connectivity index (χ1) is 15.5. The molecule has 1 aromatic carbocycles. The van der Waals surface area contributed by atoms with Gasteiger partial charge in [0.15, 0.2) is 17.6 Å². The maximum Gasteiger partial charge on any atom is 0.303 e. The van der Waals surface area contributed by atoms with Gasteiger partial charge >= 0.3 is 29.8 Å². The highest BCUT2D eigenvalue weighted by Crippen LogP contribution is 2.32. The van der Waals surface area contributed by atoms with E-state index in [1.807, 2.05) is 0 Å². The van der Waals surface area contributed by atoms with Crippen LogP contribution in [0.2, 0.25) is 0 Å². The first-order valence-electron chi connectivity index (χ1n) is 10.0. The maximum atomic E-state index is 11.9. The molecule has 0 radical (unpaired) electrons. The second kappa shape index (κ2) is 14.1. The van der Waals surface area contributed by atoms with Gasteiger partial charge in [0.25, 0.3) is 0 Å². The zero-order valence-electron chi connectivity index (χ0n) is 19.1. The summed E-state index contributed by atoms with van der Waals surface area (Å²) < 4.78 is 26.5. The van der Waals surface area contributed by atoms with Crippen molar-refractivity contribution in [3.8, 4) is 0 Å². The van der Waals surface area contributed by atoms with Gasteiger partial charge in [-0.1, -0.05) is 30.0 Å². The molecule has 11 heteroatoms. The van der Waals surface area contributed by atoms with E-state index in [9.17, 15) is 24.0 Å². The van der Waals surface area contributed by atoms with Gasteiger partial charge in [-0.3, -0.25) is 24.0 Å². The smallest absolute Gasteiger partial charge is 0.303 e. The van der Waals surface area contributed by atoms with Crippen molar-refractivity contribution >= 4 is 41.6 Å². The van der Waals surface area contributed by atoms with Crippen molar-refractivity contribution in [3.05, 3.63) is 30.3 Å². The number of thioether (sulfide) groups is 1. The number of hydrogen-bond acceptors (Lipinski definition) is 11. The van der Waals surface area contributed by atoms with Crippen LogP contribution in [0.5, 0.6) is 0 Å². The minimum atomic E-state index is -1.37.